The quantitative estimate of drug-likeness (QED) is 0.0236. The van der Waals surface area contributed by atoms with Crippen LogP contribution in [0.1, 0.15) is 75.4 Å². The number of carboxylic acids is 1. The lowest BCUT2D eigenvalue weighted by Gasteiger charge is -2.30. The molecule has 2 aliphatic rings. The van der Waals surface area contributed by atoms with Gasteiger partial charge in [0.05, 0.1) is 19.3 Å². The summed E-state index contributed by atoms with van der Waals surface area (Å²) in [6.07, 6.45) is 7.54. The molecule has 9 atom stereocenters. The number of hydrogen-bond donors (Lipinski definition) is 15. The Balaban J connectivity index is 1.05. The zero-order chi connectivity index (χ0) is 61.3. The van der Waals surface area contributed by atoms with Crippen molar-refractivity contribution in [2.75, 3.05) is 19.7 Å². The lowest BCUT2D eigenvalue weighted by molar-refractivity contribution is -0.143. The highest BCUT2D eigenvalue weighted by Crippen LogP contribution is 2.22. The topological polar surface area (TPSA) is 433 Å². The Morgan fingerprint density at radius 1 is 0.647 bits per heavy atom. The van der Waals surface area contributed by atoms with Crippen molar-refractivity contribution < 1.29 is 68.1 Å². The van der Waals surface area contributed by atoms with Crippen molar-refractivity contribution in [2.45, 2.75) is 133 Å². The third kappa shape index (κ3) is 17.7. The number of phenolic OH excluding ortho intramolecular Hbond substituents is 1. The fraction of sp³-hybridized carbons (Fsp3) is 0.446. The smallest absolute Gasteiger partial charge is 0.322 e. The first-order valence-electron chi connectivity index (χ1n) is 27.8. The molecule has 0 spiro atoms. The molecule has 0 aliphatic carbocycles. The molecule has 3 aromatic heterocycles. The molecule has 10 amide bonds. The molecule has 7 rings (SSSR count). The van der Waals surface area contributed by atoms with E-state index in [1.165, 1.54) is 49.0 Å². The monoisotopic (exact) mass is 1180 g/mol. The van der Waals surface area contributed by atoms with Crippen LogP contribution in [0.4, 0.5) is 0 Å². The maximum absolute atomic E-state index is 14.4. The van der Waals surface area contributed by atoms with E-state index in [-0.39, 0.29) is 75.5 Å². The highest BCUT2D eigenvalue weighted by molar-refractivity contribution is 5.99. The number of imidazole rings is 2. The minimum absolute atomic E-state index is 0.0466. The van der Waals surface area contributed by atoms with Gasteiger partial charge in [0.2, 0.25) is 59.1 Å². The van der Waals surface area contributed by atoms with Crippen molar-refractivity contribution in [3.63, 3.8) is 0 Å². The first kappa shape index (κ1) is 62.9. The van der Waals surface area contributed by atoms with Gasteiger partial charge in [0.1, 0.15) is 66.7 Å². The third-order valence-electron chi connectivity index (χ3n) is 14.4. The largest absolute Gasteiger partial charge is 0.508 e. The van der Waals surface area contributed by atoms with Gasteiger partial charge in [-0.15, -0.1) is 0 Å². The van der Waals surface area contributed by atoms with E-state index >= 15 is 0 Å². The minimum Gasteiger partial charge on any atom is -0.508 e. The number of benzene rings is 2. The second-order valence-corrected chi connectivity index (χ2v) is 21.4. The number of aromatic nitrogens is 5. The standard InChI is InChI=1S/C56H71N15O14/c1-29(2)17-39(51(80)69-43(18-31-10-12-35(73)13-11-31)56(85)71-16-6-9-45(71)55(84)60-25-47(75)76)65-48(77)30(3)63-50(79)41(20-33-23-57-27-61-33)68-54(83)44(26-72)70-52(81)40(19-32-22-59-37-8-5-4-7-36(32)37)66-53(82)42(21-34-24-58-28-62-34)67-49(78)38-14-15-46(74)64-38/h4-5,7-8,10-13,22-24,27-30,38-45,59,72-73H,6,9,14-21,25-26H2,1-3H3,(H,57,61)(H,58,62)(H,60,84)(H,63,79)(H,64,74)(H,65,77)(H,66,82)(H,67,78)(H,68,83)(H,69,80)(H,70,81)(H,75,76)/t30-,38+,39+,40+,41+,42+,43+,44+,45+/m1/s1. The molecule has 15 N–H and O–H groups in total. The van der Waals surface area contributed by atoms with Gasteiger partial charge >= 0.3 is 5.97 Å². The number of nitrogens with one attached hydrogen (secondary N) is 12. The number of carbonyl (C=O) groups excluding carboxylic acids is 10. The summed E-state index contributed by atoms with van der Waals surface area (Å²) < 4.78 is 0. The van der Waals surface area contributed by atoms with Gasteiger partial charge < -0.3 is 83.0 Å². The molecule has 85 heavy (non-hydrogen) atoms. The van der Waals surface area contributed by atoms with Crippen LogP contribution in [0.5, 0.6) is 5.75 Å². The highest BCUT2D eigenvalue weighted by Gasteiger charge is 2.40. The molecule has 5 aromatic rings. The van der Waals surface area contributed by atoms with Crippen LogP contribution in [0.3, 0.4) is 0 Å². The summed E-state index contributed by atoms with van der Waals surface area (Å²) in [6, 6.07) is 1.10. The van der Waals surface area contributed by atoms with Crippen LogP contribution in [0.2, 0.25) is 0 Å². The number of rotatable bonds is 29. The lowest BCUT2D eigenvalue weighted by atomic mass is 10.00. The molecule has 5 heterocycles. The Morgan fingerprint density at radius 3 is 1.82 bits per heavy atom. The Morgan fingerprint density at radius 2 is 1.22 bits per heavy atom. The molecule has 2 fully saturated rings. The third-order valence-corrected chi connectivity index (χ3v) is 14.4. The number of carboxylic acid groups (broad SMARTS) is 1. The summed E-state index contributed by atoms with van der Waals surface area (Å²) in [4.78, 5) is 167. The Kier molecular flexibility index (Phi) is 21.9. The van der Waals surface area contributed by atoms with Crippen LogP contribution in [0, 0.1) is 5.92 Å². The molecule has 2 saturated heterocycles. The van der Waals surface area contributed by atoms with Crippen molar-refractivity contribution >= 4 is 75.9 Å². The predicted octanol–water partition coefficient (Wildman–Crippen LogP) is -2.49. The first-order chi connectivity index (χ1) is 40.6. The Labute approximate surface area is 486 Å². The number of para-hydroxylation sites is 1. The van der Waals surface area contributed by atoms with Gasteiger partial charge in [0, 0.05) is 79.5 Å². The van der Waals surface area contributed by atoms with Gasteiger partial charge in [0.25, 0.3) is 0 Å². The average Bonchev–Trinajstić information content (AvgIpc) is 4.55. The van der Waals surface area contributed by atoms with Crippen LogP contribution in [-0.4, -0.2) is 184 Å². The number of aliphatic hydroxyl groups excluding tert-OH is 1. The van der Waals surface area contributed by atoms with Crippen molar-refractivity contribution in [3.05, 3.63) is 102 Å². The van der Waals surface area contributed by atoms with Gasteiger partial charge in [-0.25, -0.2) is 9.97 Å². The number of aliphatic hydroxyl groups is 1. The number of hydrogen-bond acceptors (Lipinski definition) is 15. The normalized spacial score (nSPS) is 17.2. The number of fused-ring (bicyclic) bond motifs is 1. The number of H-pyrrole nitrogens is 3. The number of carbonyl (C=O) groups is 11. The van der Waals surface area contributed by atoms with Gasteiger partial charge in [-0.1, -0.05) is 44.2 Å². The average molecular weight is 1180 g/mol. The molecular formula is C56H71N15O14. The summed E-state index contributed by atoms with van der Waals surface area (Å²) >= 11 is 0. The molecule has 0 radical (unpaired) electrons. The minimum atomic E-state index is -1.75. The zero-order valence-electron chi connectivity index (χ0n) is 46.9. The van der Waals surface area contributed by atoms with E-state index in [4.69, 9.17) is 5.11 Å². The van der Waals surface area contributed by atoms with Crippen LogP contribution in [-0.2, 0) is 78.4 Å². The summed E-state index contributed by atoms with van der Waals surface area (Å²) in [5.41, 5.74) is 2.62. The molecule has 0 unspecified atom stereocenters. The van der Waals surface area contributed by atoms with Crippen molar-refractivity contribution in [1.29, 1.82) is 0 Å². The van der Waals surface area contributed by atoms with Crippen molar-refractivity contribution in [1.82, 2.24) is 77.7 Å². The SMILES string of the molecule is CC(C)C[C@H](NC(=O)[C@@H](C)NC(=O)[C@H](Cc1cnc[nH]1)NC(=O)[C@H](CO)NC(=O)[C@H](Cc1c[nH]c2ccccc12)NC(=O)[C@H](Cc1cnc[nH]1)NC(=O)[C@@H]1CCC(=O)N1)C(=O)N[C@@H](Cc1ccc(O)cc1)C(=O)N1CCC[C@H]1C(=O)NCC(=O)O. The zero-order valence-corrected chi connectivity index (χ0v) is 46.9. The maximum Gasteiger partial charge on any atom is 0.322 e. The van der Waals surface area contributed by atoms with Crippen LogP contribution >= 0.6 is 0 Å². The second kappa shape index (κ2) is 29.5. The van der Waals surface area contributed by atoms with E-state index < -0.39 is 127 Å². The molecule has 454 valence electrons. The fourth-order valence-electron chi connectivity index (χ4n) is 9.98. The number of amides is 10. The Hall–Kier alpha value is -9.67. The number of phenols is 1. The van der Waals surface area contributed by atoms with E-state index in [0.29, 0.717) is 39.8 Å². The number of aromatic amines is 3. The number of likely N-dealkylation sites (tertiary alicyclic amines) is 1. The summed E-state index contributed by atoms with van der Waals surface area (Å²) in [7, 11) is 0. The molecule has 2 aromatic carbocycles. The van der Waals surface area contributed by atoms with Crippen LogP contribution in [0.15, 0.2) is 79.8 Å². The number of aromatic hydroxyl groups is 1. The van der Waals surface area contributed by atoms with Crippen LogP contribution in [0.25, 0.3) is 10.9 Å². The number of nitrogens with zero attached hydrogens (tertiary/aromatic N) is 3. The molecular weight excluding hydrogens is 1110 g/mol. The first-order valence-corrected chi connectivity index (χ1v) is 27.8. The van der Waals surface area contributed by atoms with E-state index in [1.54, 1.807) is 56.4 Å². The molecule has 0 saturated carbocycles. The summed E-state index contributed by atoms with van der Waals surface area (Å²) in [6.45, 7) is 3.35. The fourth-order valence-corrected chi connectivity index (χ4v) is 9.98. The predicted molar refractivity (Wildman–Crippen MR) is 301 cm³/mol. The summed E-state index contributed by atoms with van der Waals surface area (Å²) in [5.74, 6) is -9.23. The van der Waals surface area contributed by atoms with E-state index in [9.17, 15) is 63.0 Å². The van der Waals surface area contributed by atoms with E-state index in [1.807, 2.05) is 0 Å². The molecule has 2 aliphatic heterocycles. The Bertz CT molecular complexity index is 3190. The van der Waals surface area contributed by atoms with Gasteiger partial charge in [-0.3, -0.25) is 52.7 Å². The second-order valence-electron chi connectivity index (χ2n) is 21.4. The van der Waals surface area contributed by atoms with Gasteiger partial charge in [-0.05, 0) is 67.9 Å². The van der Waals surface area contributed by atoms with Crippen molar-refractivity contribution in [3.8, 4) is 5.75 Å². The highest BCUT2D eigenvalue weighted by atomic mass is 16.4. The maximum atomic E-state index is 14.4. The lowest BCUT2D eigenvalue weighted by Crippen LogP contribution is -2.61. The molecule has 0 bridgehead atoms. The van der Waals surface area contributed by atoms with E-state index in [0.717, 1.165) is 0 Å². The molecule has 29 nitrogen and oxygen atoms in total. The summed E-state index contributed by atoms with van der Waals surface area (Å²) in [5, 5.41) is 53.6. The van der Waals surface area contributed by atoms with E-state index in [2.05, 4.69) is 72.8 Å². The number of aliphatic carboxylic acids is 1. The van der Waals surface area contributed by atoms with Gasteiger partial charge in [-0.2, -0.15) is 0 Å². The molecule has 29 heteroatoms. The van der Waals surface area contributed by atoms with Crippen molar-refractivity contribution in [2.24, 2.45) is 5.92 Å². The van der Waals surface area contributed by atoms with Crippen LogP contribution < -0.4 is 47.9 Å². The van der Waals surface area contributed by atoms with Gasteiger partial charge in [0.15, 0.2) is 0 Å².